The maximum atomic E-state index is 11.4. The average molecular weight is 238 g/mol. The van der Waals surface area contributed by atoms with Gasteiger partial charge in [0, 0.05) is 38.8 Å². The molecule has 0 aromatic carbocycles. The molecule has 0 aliphatic carbocycles. The van der Waals surface area contributed by atoms with Gasteiger partial charge in [-0.05, 0) is 19.4 Å². The van der Waals surface area contributed by atoms with Crippen molar-refractivity contribution in [1.82, 2.24) is 20.4 Å². The van der Waals surface area contributed by atoms with Gasteiger partial charge in [-0.15, -0.1) is 0 Å². The highest BCUT2D eigenvalue weighted by atomic mass is 16.1. The number of rotatable bonds is 7. The van der Waals surface area contributed by atoms with Crippen LogP contribution in [0.1, 0.15) is 38.4 Å². The first-order chi connectivity index (χ1) is 8.15. The maximum Gasteiger partial charge on any atom is 0.221 e. The van der Waals surface area contributed by atoms with E-state index in [1.807, 2.05) is 24.7 Å². The number of carbonyl (C=O) groups is 1. The number of nitrogens with zero attached hydrogens (tertiary/aromatic N) is 2. The molecule has 0 radical (unpaired) electrons. The smallest absolute Gasteiger partial charge is 0.221 e. The van der Waals surface area contributed by atoms with Gasteiger partial charge in [-0.25, -0.2) is 0 Å². The van der Waals surface area contributed by atoms with Crippen LogP contribution < -0.4 is 10.6 Å². The third-order valence-electron chi connectivity index (χ3n) is 2.68. The van der Waals surface area contributed by atoms with Crippen molar-refractivity contribution in [3.63, 3.8) is 0 Å². The summed E-state index contributed by atoms with van der Waals surface area (Å²) in [6, 6.07) is 2.19. The topological polar surface area (TPSA) is 59.0 Å². The molecule has 1 rings (SSSR count). The molecule has 0 fully saturated rings. The summed E-state index contributed by atoms with van der Waals surface area (Å²) < 4.78 is 1.84. The van der Waals surface area contributed by atoms with Crippen molar-refractivity contribution < 1.29 is 4.79 Å². The van der Waals surface area contributed by atoms with Crippen LogP contribution in [0.15, 0.2) is 12.3 Å². The van der Waals surface area contributed by atoms with Gasteiger partial charge in [0.15, 0.2) is 0 Å². The first-order valence-electron chi connectivity index (χ1n) is 6.13. The lowest BCUT2D eigenvalue weighted by atomic mass is 10.2. The van der Waals surface area contributed by atoms with Gasteiger partial charge in [0.25, 0.3) is 0 Å². The SMILES string of the molecule is CCCNC(=O)CCNC(C)c1ccnn1C. The van der Waals surface area contributed by atoms with E-state index in [2.05, 4.69) is 22.7 Å². The summed E-state index contributed by atoms with van der Waals surface area (Å²) in [4.78, 5) is 11.4. The molecule has 1 aromatic heterocycles. The van der Waals surface area contributed by atoms with E-state index in [-0.39, 0.29) is 11.9 Å². The number of nitrogens with one attached hydrogen (secondary N) is 2. The normalized spacial score (nSPS) is 12.4. The Morgan fingerprint density at radius 2 is 2.29 bits per heavy atom. The first-order valence-corrected chi connectivity index (χ1v) is 6.13. The van der Waals surface area contributed by atoms with Gasteiger partial charge in [-0.2, -0.15) is 5.10 Å². The maximum absolute atomic E-state index is 11.4. The Hall–Kier alpha value is -1.36. The van der Waals surface area contributed by atoms with E-state index in [1.165, 1.54) is 0 Å². The van der Waals surface area contributed by atoms with Crippen molar-refractivity contribution in [2.45, 2.75) is 32.7 Å². The van der Waals surface area contributed by atoms with Crippen LogP contribution in [-0.4, -0.2) is 28.8 Å². The van der Waals surface area contributed by atoms with Crippen molar-refractivity contribution in [3.05, 3.63) is 18.0 Å². The van der Waals surface area contributed by atoms with E-state index < -0.39 is 0 Å². The minimum Gasteiger partial charge on any atom is -0.356 e. The fourth-order valence-electron chi connectivity index (χ4n) is 1.67. The lowest BCUT2D eigenvalue weighted by molar-refractivity contribution is -0.121. The predicted molar refractivity (Wildman–Crippen MR) is 67.5 cm³/mol. The molecular formula is C12H22N4O. The van der Waals surface area contributed by atoms with E-state index in [1.54, 1.807) is 6.20 Å². The Balaban J connectivity index is 2.23. The molecule has 0 aliphatic heterocycles. The molecule has 5 nitrogen and oxygen atoms in total. The lowest BCUT2D eigenvalue weighted by Gasteiger charge is -2.13. The number of hydrogen-bond acceptors (Lipinski definition) is 3. The number of carbonyl (C=O) groups excluding carboxylic acids is 1. The molecule has 0 saturated heterocycles. The summed E-state index contributed by atoms with van der Waals surface area (Å²) in [5.41, 5.74) is 1.12. The van der Waals surface area contributed by atoms with Gasteiger partial charge in [0.2, 0.25) is 5.91 Å². The summed E-state index contributed by atoms with van der Waals surface area (Å²) in [6.45, 7) is 5.56. The largest absolute Gasteiger partial charge is 0.356 e. The average Bonchev–Trinajstić information content (AvgIpc) is 2.72. The zero-order valence-corrected chi connectivity index (χ0v) is 10.9. The second-order valence-corrected chi connectivity index (χ2v) is 4.16. The van der Waals surface area contributed by atoms with E-state index in [4.69, 9.17) is 0 Å². The monoisotopic (exact) mass is 238 g/mol. The minimum atomic E-state index is 0.108. The lowest BCUT2D eigenvalue weighted by Crippen LogP contribution is -2.29. The van der Waals surface area contributed by atoms with Gasteiger partial charge in [0.1, 0.15) is 0 Å². The van der Waals surface area contributed by atoms with Crippen molar-refractivity contribution in [2.75, 3.05) is 13.1 Å². The van der Waals surface area contributed by atoms with Crippen molar-refractivity contribution in [1.29, 1.82) is 0 Å². The van der Waals surface area contributed by atoms with Crippen LogP contribution in [0, 0.1) is 0 Å². The van der Waals surface area contributed by atoms with Crippen molar-refractivity contribution in [2.24, 2.45) is 7.05 Å². The number of amides is 1. The van der Waals surface area contributed by atoms with Crippen LogP contribution in [0.5, 0.6) is 0 Å². The van der Waals surface area contributed by atoms with Crippen LogP contribution in [0.2, 0.25) is 0 Å². The van der Waals surface area contributed by atoms with Crippen LogP contribution in [0.4, 0.5) is 0 Å². The molecule has 1 heterocycles. The van der Waals surface area contributed by atoms with Gasteiger partial charge >= 0.3 is 0 Å². The molecule has 2 N–H and O–H groups in total. The van der Waals surface area contributed by atoms with Gasteiger partial charge in [-0.1, -0.05) is 6.92 Å². The Morgan fingerprint density at radius 3 is 2.88 bits per heavy atom. The molecular weight excluding hydrogens is 216 g/mol. The summed E-state index contributed by atoms with van der Waals surface area (Å²) in [5.74, 6) is 0.108. The standard InChI is InChI=1S/C12H22N4O/c1-4-7-14-12(17)6-8-13-10(2)11-5-9-15-16(11)3/h5,9-10,13H,4,6-8H2,1-3H3,(H,14,17). The Morgan fingerprint density at radius 1 is 1.53 bits per heavy atom. The molecule has 0 bridgehead atoms. The fourth-order valence-corrected chi connectivity index (χ4v) is 1.67. The number of aryl methyl sites for hydroxylation is 1. The second kappa shape index (κ2) is 7.06. The Bertz CT molecular complexity index is 348. The number of aromatic nitrogens is 2. The molecule has 1 atom stereocenters. The highest BCUT2D eigenvalue weighted by Gasteiger charge is 2.08. The van der Waals surface area contributed by atoms with Crippen LogP contribution in [-0.2, 0) is 11.8 Å². The van der Waals surface area contributed by atoms with E-state index in [9.17, 15) is 4.79 Å². The van der Waals surface area contributed by atoms with Crippen LogP contribution in [0.3, 0.4) is 0 Å². The Labute approximate surface area is 103 Å². The zero-order chi connectivity index (χ0) is 12.7. The van der Waals surface area contributed by atoms with Gasteiger partial charge < -0.3 is 10.6 Å². The molecule has 17 heavy (non-hydrogen) atoms. The molecule has 0 aliphatic rings. The predicted octanol–water partition coefficient (Wildman–Crippen LogP) is 0.987. The molecule has 1 unspecified atom stereocenters. The third-order valence-corrected chi connectivity index (χ3v) is 2.68. The highest BCUT2D eigenvalue weighted by Crippen LogP contribution is 2.09. The summed E-state index contributed by atoms with van der Waals surface area (Å²) in [5, 5.41) is 10.3. The van der Waals surface area contributed by atoms with Crippen molar-refractivity contribution >= 4 is 5.91 Å². The van der Waals surface area contributed by atoms with E-state index >= 15 is 0 Å². The third kappa shape index (κ3) is 4.56. The molecule has 96 valence electrons. The molecule has 0 spiro atoms. The first kappa shape index (κ1) is 13.7. The zero-order valence-electron chi connectivity index (χ0n) is 10.9. The van der Waals surface area contributed by atoms with Crippen LogP contribution in [0.25, 0.3) is 0 Å². The van der Waals surface area contributed by atoms with E-state index in [0.29, 0.717) is 13.0 Å². The summed E-state index contributed by atoms with van der Waals surface area (Å²) >= 11 is 0. The summed E-state index contributed by atoms with van der Waals surface area (Å²) in [6.07, 6.45) is 3.27. The van der Waals surface area contributed by atoms with Crippen LogP contribution >= 0.6 is 0 Å². The van der Waals surface area contributed by atoms with E-state index in [0.717, 1.165) is 18.7 Å². The quantitative estimate of drug-likeness (QED) is 0.744. The molecule has 1 amide bonds. The summed E-state index contributed by atoms with van der Waals surface area (Å²) in [7, 11) is 1.92. The minimum absolute atomic E-state index is 0.108. The van der Waals surface area contributed by atoms with Gasteiger partial charge in [-0.3, -0.25) is 9.48 Å². The second-order valence-electron chi connectivity index (χ2n) is 4.16. The molecule has 0 saturated carbocycles. The van der Waals surface area contributed by atoms with Gasteiger partial charge in [0.05, 0.1) is 5.69 Å². The van der Waals surface area contributed by atoms with Crippen molar-refractivity contribution in [3.8, 4) is 0 Å². The molecule has 1 aromatic rings. The number of hydrogen-bond donors (Lipinski definition) is 2. The molecule has 5 heteroatoms. The fraction of sp³-hybridized carbons (Fsp3) is 0.667. The Kier molecular flexibility index (Phi) is 5.69. The highest BCUT2D eigenvalue weighted by molar-refractivity contribution is 5.75.